The summed E-state index contributed by atoms with van der Waals surface area (Å²) in [7, 11) is 0. The number of benzene rings is 1. The van der Waals surface area contributed by atoms with Crippen LogP contribution in [-0.4, -0.2) is 41.8 Å². The molecule has 0 spiro atoms. The van der Waals surface area contributed by atoms with Crippen LogP contribution >= 0.6 is 0 Å². The van der Waals surface area contributed by atoms with Gasteiger partial charge in [0.2, 0.25) is 0 Å². The first-order valence-corrected chi connectivity index (χ1v) is 7.93. The Morgan fingerprint density at radius 1 is 1.33 bits per heavy atom. The molecule has 4 nitrogen and oxygen atoms in total. The molecule has 1 aliphatic rings. The van der Waals surface area contributed by atoms with E-state index in [2.05, 4.69) is 18.7 Å². The fourth-order valence-corrected chi connectivity index (χ4v) is 2.45. The van der Waals surface area contributed by atoms with Crippen LogP contribution in [-0.2, 0) is 6.54 Å². The predicted octanol–water partition coefficient (Wildman–Crippen LogP) is 2.01. The molecule has 1 aromatic rings. The van der Waals surface area contributed by atoms with Crippen molar-refractivity contribution >= 4 is 0 Å². The highest BCUT2D eigenvalue weighted by molar-refractivity contribution is 5.32. The van der Waals surface area contributed by atoms with Gasteiger partial charge in [-0.3, -0.25) is 4.90 Å². The lowest BCUT2D eigenvalue weighted by Gasteiger charge is -2.28. The van der Waals surface area contributed by atoms with Gasteiger partial charge in [0, 0.05) is 31.2 Å². The number of nitrogens with zero attached hydrogens (tertiary/aromatic N) is 1. The fraction of sp³-hybridized carbons (Fsp3) is 0.647. The number of hydrogen-bond donors (Lipinski definition) is 2. The number of rotatable bonds is 9. The third kappa shape index (κ3) is 5.30. The van der Waals surface area contributed by atoms with E-state index in [-0.39, 0.29) is 0 Å². The molecule has 21 heavy (non-hydrogen) atoms. The Balaban J connectivity index is 1.81. The topological polar surface area (TPSA) is 58.7 Å². The molecule has 4 heteroatoms. The monoisotopic (exact) mass is 292 g/mol. The highest BCUT2D eigenvalue weighted by atomic mass is 16.5. The van der Waals surface area contributed by atoms with Crippen LogP contribution in [0.5, 0.6) is 5.75 Å². The molecule has 0 aromatic heterocycles. The molecule has 1 atom stereocenters. The van der Waals surface area contributed by atoms with Gasteiger partial charge in [0.25, 0.3) is 0 Å². The SMILES string of the molecule is CC(C)N(CC(O)COc1ccccc1CN)CC1CC1. The van der Waals surface area contributed by atoms with Gasteiger partial charge in [0.15, 0.2) is 0 Å². The first-order valence-electron chi connectivity index (χ1n) is 7.93. The number of aliphatic hydroxyl groups excluding tert-OH is 1. The Kier molecular flexibility index (Phi) is 6.03. The van der Waals surface area contributed by atoms with E-state index < -0.39 is 6.10 Å². The molecule has 0 amide bonds. The van der Waals surface area contributed by atoms with Crippen molar-refractivity contribution in [3.8, 4) is 5.75 Å². The van der Waals surface area contributed by atoms with Crippen LogP contribution in [0.15, 0.2) is 24.3 Å². The first kappa shape index (κ1) is 16.3. The Labute approximate surface area is 127 Å². The van der Waals surface area contributed by atoms with E-state index >= 15 is 0 Å². The third-order valence-electron chi connectivity index (χ3n) is 3.99. The van der Waals surface area contributed by atoms with E-state index in [1.807, 2.05) is 24.3 Å². The zero-order valence-corrected chi connectivity index (χ0v) is 13.2. The van der Waals surface area contributed by atoms with Gasteiger partial charge in [-0.25, -0.2) is 0 Å². The second-order valence-corrected chi connectivity index (χ2v) is 6.27. The van der Waals surface area contributed by atoms with Crippen LogP contribution in [0.3, 0.4) is 0 Å². The summed E-state index contributed by atoms with van der Waals surface area (Å²) in [6, 6.07) is 8.18. The van der Waals surface area contributed by atoms with Crippen molar-refractivity contribution in [3.05, 3.63) is 29.8 Å². The normalized spacial score (nSPS) is 16.5. The Morgan fingerprint density at radius 2 is 2.05 bits per heavy atom. The zero-order chi connectivity index (χ0) is 15.2. The summed E-state index contributed by atoms with van der Waals surface area (Å²) in [6.07, 6.45) is 2.19. The smallest absolute Gasteiger partial charge is 0.123 e. The summed E-state index contributed by atoms with van der Waals surface area (Å²) in [5.74, 6) is 1.61. The lowest BCUT2D eigenvalue weighted by atomic mass is 10.2. The molecular formula is C17H28N2O2. The molecule has 0 heterocycles. The number of hydrogen-bond acceptors (Lipinski definition) is 4. The van der Waals surface area contributed by atoms with E-state index in [9.17, 15) is 5.11 Å². The molecule has 1 saturated carbocycles. The predicted molar refractivity (Wildman–Crippen MR) is 85.3 cm³/mol. The van der Waals surface area contributed by atoms with E-state index in [1.54, 1.807) is 0 Å². The van der Waals surface area contributed by atoms with Gasteiger partial charge in [-0.15, -0.1) is 0 Å². The maximum atomic E-state index is 10.2. The summed E-state index contributed by atoms with van der Waals surface area (Å²) in [4.78, 5) is 2.35. The third-order valence-corrected chi connectivity index (χ3v) is 3.99. The number of ether oxygens (including phenoxy) is 1. The van der Waals surface area contributed by atoms with E-state index in [0.29, 0.717) is 25.7 Å². The van der Waals surface area contributed by atoms with Crippen LogP contribution in [0.25, 0.3) is 0 Å². The average molecular weight is 292 g/mol. The molecule has 1 unspecified atom stereocenters. The average Bonchev–Trinajstić information content (AvgIpc) is 3.28. The van der Waals surface area contributed by atoms with E-state index in [4.69, 9.17) is 10.5 Å². The first-order chi connectivity index (χ1) is 10.1. The van der Waals surface area contributed by atoms with Gasteiger partial charge in [-0.1, -0.05) is 18.2 Å². The molecule has 3 N–H and O–H groups in total. The van der Waals surface area contributed by atoms with Crippen LogP contribution in [0.4, 0.5) is 0 Å². The van der Waals surface area contributed by atoms with Gasteiger partial charge in [-0.05, 0) is 38.7 Å². The van der Waals surface area contributed by atoms with Crippen LogP contribution in [0, 0.1) is 5.92 Å². The highest BCUT2D eigenvalue weighted by Crippen LogP contribution is 2.30. The largest absolute Gasteiger partial charge is 0.491 e. The van der Waals surface area contributed by atoms with Crippen molar-refractivity contribution < 1.29 is 9.84 Å². The molecule has 0 radical (unpaired) electrons. The van der Waals surface area contributed by atoms with Crippen molar-refractivity contribution in [2.24, 2.45) is 11.7 Å². The molecule has 0 bridgehead atoms. The summed E-state index contributed by atoms with van der Waals surface area (Å²) in [5, 5.41) is 10.2. The highest BCUT2D eigenvalue weighted by Gasteiger charge is 2.26. The van der Waals surface area contributed by atoms with Crippen molar-refractivity contribution in [3.63, 3.8) is 0 Å². The number of aliphatic hydroxyl groups is 1. The van der Waals surface area contributed by atoms with Gasteiger partial charge in [-0.2, -0.15) is 0 Å². The van der Waals surface area contributed by atoms with Crippen LogP contribution < -0.4 is 10.5 Å². The lowest BCUT2D eigenvalue weighted by molar-refractivity contribution is 0.0553. The molecule has 0 aliphatic heterocycles. The van der Waals surface area contributed by atoms with Crippen molar-refractivity contribution in [1.82, 2.24) is 4.90 Å². The van der Waals surface area contributed by atoms with Gasteiger partial charge >= 0.3 is 0 Å². The Hall–Kier alpha value is -1.10. The van der Waals surface area contributed by atoms with Gasteiger partial charge in [0.1, 0.15) is 18.5 Å². The second-order valence-electron chi connectivity index (χ2n) is 6.27. The molecule has 1 aromatic carbocycles. The van der Waals surface area contributed by atoms with Crippen molar-refractivity contribution in [1.29, 1.82) is 0 Å². The minimum absolute atomic E-state index is 0.310. The van der Waals surface area contributed by atoms with Crippen molar-refractivity contribution in [2.75, 3.05) is 19.7 Å². The van der Waals surface area contributed by atoms with Crippen molar-refractivity contribution in [2.45, 2.75) is 45.4 Å². The number of nitrogens with two attached hydrogens (primary N) is 1. The summed E-state index contributed by atoms with van der Waals surface area (Å²) < 4.78 is 5.73. The van der Waals surface area contributed by atoms with E-state index in [0.717, 1.165) is 23.8 Å². The van der Waals surface area contributed by atoms with Crippen LogP contribution in [0.2, 0.25) is 0 Å². The standard InChI is InChI=1S/C17H28N2O2/c1-13(2)19(10-14-7-8-14)11-16(20)12-21-17-6-4-3-5-15(17)9-18/h3-6,13-14,16,20H,7-12,18H2,1-2H3. The minimum Gasteiger partial charge on any atom is -0.491 e. The zero-order valence-electron chi connectivity index (χ0n) is 13.2. The quantitative estimate of drug-likeness (QED) is 0.731. The van der Waals surface area contributed by atoms with Gasteiger partial charge < -0.3 is 15.6 Å². The minimum atomic E-state index is -0.475. The Bertz CT molecular complexity index is 433. The molecular weight excluding hydrogens is 264 g/mol. The molecule has 1 aliphatic carbocycles. The molecule has 2 rings (SSSR count). The maximum Gasteiger partial charge on any atom is 0.123 e. The molecule has 0 saturated heterocycles. The fourth-order valence-electron chi connectivity index (χ4n) is 2.45. The summed E-state index contributed by atoms with van der Waals surface area (Å²) in [6.45, 7) is 6.88. The lowest BCUT2D eigenvalue weighted by Crippen LogP contribution is -2.41. The summed E-state index contributed by atoms with van der Waals surface area (Å²) in [5.41, 5.74) is 6.66. The molecule has 1 fully saturated rings. The summed E-state index contributed by atoms with van der Waals surface area (Å²) >= 11 is 0. The maximum absolute atomic E-state index is 10.2. The molecule has 118 valence electrons. The van der Waals surface area contributed by atoms with Gasteiger partial charge in [0.05, 0.1) is 0 Å². The number of para-hydroxylation sites is 1. The van der Waals surface area contributed by atoms with Crippen LogP contribution in [0.1, 0.15) is 32.3 Å². The Morgan fingerprint density at radius 3 is 2.67 bits per heavy atom. The second kappa shape index (κ2) is 7.78. The van der Waals surface area contributed by atoms with E-state index in [1.165, 1.54) is 12.8 Å².